The third-order valence-electron chi connectivity index (χ3n) is 3.08. The molecule has 5 heteroatoms. The Morgan fingerprint density at radius 3 is 3.05 bits per heavy atom. The highest BCUT2D eigenvalue weighted by Gasteiger charge is 2.21. The molecule has 1 aromatic heterocycles. The van der Waals surface area contributed by atoms with Crippen LogP contribution in [0, 0.1) is 0 Å². The molecule has 98 valence electrons. The highest BCUT2D eigenvalue weighted by Crippen LogP contribution is 2.35. The van der Waals surface area contributed by atoms with Crippen molar-refractivity contribution in [1.82, 2.24) is 4.98 Å². The molecular weight excluding hydrogens is 328 g/mol. The van der Waals surface area contributed by atoms with Crippen molar-refractivity contribution in [1.29, 1.82) is 0 Å². The maximum Gasteiger partial charge on any atom is 0.140 e. The number of fused-ring (bicyclic) bond motifs is 1. The highest BCUT2D eigenvalue weighted by atomic mass is 79.9. The van der Waals surface area contributed by atoms with Crippen LogP contribution in [0.15, 0.2) is 41.0 Å². The summed E-state index contributed by atoms with van der Waals surface area (Å²) in [5.74, 6) is 1.74. The van der Waals surface area contributed by atoms with Crippen molar-refractivity contribution in [2.45, 2.75) is 12.5 Å². The van der Waals surface area contributed by atoms with Crippen molar-refractivity contribution in [2.24, 2.45) is 0 Å². The number of aromatic nitrogens is 1. The molecule has 1 atom stereocenters. The normalized spacial score (nSPS) is 17.5. The predicted octanol–water partition coefficient (Wildman–Crippen LogP) is 4.43. The van der Waals surface area contributed by atoms with E-state index >= 15 is 0 Å². The van der Waals surface area contributed by atoms with Gasteiger partial charge in [-0.25, -0.2) is 4.98 Å². The van der Waals surface area contributed by atoms with Gasteiger partial charge in [0.1, 0.15) is 11.6 Å². The van der Waals surface area contributed by atoms with Crippen molar-refractivity contribution in [3.05, 3.63) is 51.6 Å². The molecular formula is C14H12BrClN2O. The van der Waals surface area contributed by atoms with Crippen LogP contribution in [0.25, 0.3) is 0 Å². The monoisotopic (exact) mass is 338 g/mol. The number of pyridine rings is 1. The Bertz CT molecular complexity index is 606. The van der Waals surface area contributed by atoms with Gasteiger partial charge in [-0.2, -0.15) is 0 Å². The molecule has 1 aromatic carbocycles. The molecule has 0 amide bonds. The number of hydrogen-bond acceptors (Lipinski definition) is 3. The summed E-state index contributed by atoms with van der Waals surface area (Å²) in [6.45, 7) is 0.708. The molecule has 1 N–H and O–H groups in total. The van der Waals surface area contributed by atoms with E-state index in [1.807, 2.05) is 24.3 Å². The van der Waals surface area contributed by atoms with E-state index in [9.17, 15) is 0 Å². The van der Waals surface area contributed by atoms with Crippen LogP contribution >= 0.6 is 27.5 Å². The van der Waals surface area contributed by atoms with Gasteiger partial charge < -0.3 is 10.1 Å². The maximum absolute atomic E-state index is 5.90. The second-order valence-corrected chi connectivity index (χ2v) is 5.65. The fourth-order valence-corrected chi connectivity index (χ4v) is 2.93. The number of para-hydroxylation sites is 1. The highest BCUT2D eigenvalue weighted by molar-refractivity contribution is 9.10. The minimum absolute atomic E-state index is 0.204. The van der Waals surface area contributed by atoms with Gasteiger partial charge in [-0.1, -0.05) is 29.8 Å². The summed E-state index contributed by atoms with van der Waals surface area (Å²) in [6.07, 6.45) is 2.55. The number of rotatable bonds is 2. The molecule has 2 aromatic rings. The molecule has 0 spiro atoms. The minimum atomic E-state index is 0.204. The van der Waals surface area contributed by atoms with Gasteiger partial charge >= 0.3 is 0 Å². The number of nitrogens with one attached hydrogen (secondary N) is 1. The molecule has 2 heterocycles. The first kappa shape index (κ1) is 12.8. The van der Waals surface area contributed by atoms with Gasteiger partial charge in [-0.15, -0.1) is 0 Å². The van der Waals surface area contributed by atoms with E-state index in [0.717, 1.165) is 28.0 Å². The zero-order valence-electron chi connectivity index (χ0n) is 10.1. The summed E-state index contributed by atoms with van der Waals surface area (Å²) in [5.41, 5.74) is 1.16. The Labute approximate surface area is 125 Å². The molecule has 1 unspecified atom stereocenters. The first-order valence-electron chi connectivity index (χ1n) is 6.03. The van der Waals surface area contributed by atoms with Crippen LogP contribution in [0.2, 0.25) is 5.02 Å². The Kier molecular flexibility index (Phi) is 3.62. The lowest BCUT2D eigenvalue weighted by atomic mass is 10.0. The van der Waals surface area contributed by atoms with Gasteiger partial charge in [-0.3, -0.25) is 0 Å². The van der Waals surface area contributed by atoms with Crippen LogP contribution in [-0.2, 0) is 0 Å². The maximum atomic E-state index is 5.90. The van der Waals surface area contributed by atoms with Gasteiger partial charge in [0, 0.05) is 18.2 Å². The molecule has 1 aliphatic rings. The fraction of sp³-hybridized carbons (Fsp3) is 0.214. The van der Waals surface area contributed by atoms with Gasteiger partial charge in [-0.05, 0) is 28.1 Å². The first-order valence-corrected chi connectivity index (χ1v) is 7.20. The van der Waals surface area contributed by atoms with Gasteiger partial charge in [0.25, 0.3) is 0 Å². The quantitative estimate of drug-likeness (QED) is 0.878. The van der Waals surface area contributed by atoms with Crippen molar-refractivity contribution >= 4 is 33.3 Å². The first-order chi connectivity index (χ1) is 9.24. The number of anilines is 1. The van der Waals surface area contributed by atoms with E-state index in [2.05, 4.69) is 32.3 Å². The Balaban J connectivity index is 1.88. The molecule has 0 aliphatic carbocycles. The van der Waals surface area contributed by atoms with Crippen LogP contribution in [0.5, 0.6) is 5.75 Å². The van der Waals surface area contributed by atoms with Crippen molar-refractivity contribution in [3.63, 3.8) is 0 Å². The second-order valence-electron chi connectivity index (χ2n) is 4.36. The van der Waals surface area contributed by atoms with E-state index in [4.69, 9.17) is 16.3 Å². The predicted molar refractivity (Wildman–Crippen MR) is 79.9 cm³/mol. The van der Waals surface area contributed by atoms with Crippen molar-refractivity contribution < 1.29 is 4.74 Å². The van der Waals surface area contributed by atoms with Gasteiger partial charge in [0.2, 0.25) is 0 Å². The van der Waals surface area contributed by atoms with Gasteiger partial charge in [0.15, 0.2) is 0 Å². The van der Waals surface area contributed by atoms with E-state index in [0.29, 0.717) is 11.6 Å². The summed E-state index contributed by atoms with van der Waals surface area (Å²) in [5, 5.41) is 4.05. The Morgan fingerprint density at radius 2 is 2.21 bits per heavy atom. The standard InChI is InChI=1S/C14H12BrClN2O/c15-11-7-9(16)8-17-14(11)18-12-5-6-19-13-4-2-1-3-10(12)13/h1-4,7-8,12H,5-6H2,(H,17,18). The molecule has 0 saturated heterocycles. The Morgan fingerprint density at radius 1 is 1.37 bits per heavy atom. The molecule has 3 rings (SSSR count). The lowest BCUT2D eigenvalue weighted by molar-refractivity contribution is 0.274. The minimum Gasteiger partial charge on any atom is -0.493 e. The summed E-state index contributed by atoms with van der Waals surface area (Å²) in [4.78, 5) is 4.31. The number of halogens is 2. The van der Waals surface area contributed by atoms with E-state index in [-0.39, 0.29) is 6.04 Å². The van der Waals surface area contributed by atoms with E-state index in [1.165, 1.54) is 0 Å². The van der Waals surface area contributed by atoms with Crippen LogP contribution < -0.4 is 10.1 Å². The lowest BCUT2D eigenvalue weighted by Crippen LogP contribution is -2.20. The SMILES string of the molecule is Clc1cnc(NC2CCOc3ccccc32)c(Br)c1. The molecule has 19 heavy (non-hydrogen) atoms. The molecule has 1 aliphatic heterocycles. The van der Waals surface area contributed by atoms with E-state index < -0.39 is 0 Å². The number of ether oxygens (including phenoxy) is 1. The Hall–Kier alpha value is -1.26. The fourth-order valence-electron chi connectivity index (χ4n) is 2.18. The lowest BCUT2D eigenvalue weighted by Gasteiger charge is -2.27. The summed E-state index contributed by atoms with van der Waals surface area (Å²) < 4.78 is 6.51. The van der Waals surface area contributed by atoms with Crippen molar-refractivity contribution in [2.75, 3.05) is 11.9 Å². The zero-order chi connectivity index (χ0) is 13.2. The molecule has 0 fully saturated rings. The third kappa shape index (κ3) is 2.69. The molecule has 0 saturated carbocycles. The molecule has 0 radical (unpaired) electrons. The largest absolute Gasteiger partial charge is 0.493 e. The van der Waals surface area contributed by atoms with Crippen LogP contribution in [-0.4, -0.2) is 11.6 Å². The van der Waals surface area contributed by atoms with Crippen LogP contribution in [0.3, 0.4) is 0 Å². The molecule has 0 bridgehead atoms. The second kappa shape index (κ2) is 5.39. The zero-order valence-corrected chi connectivity index (χ0v) is 12.4. The molecule has 3 nitrogen and oxygen atoms in total. The average Bonchev–Trinajstić information content (AvgIpc) is 2.42. The van der Waals surface area contributed by atoms with Gasteiger partial charge in [0.05, 0.1) is 22.1 Å². The summed E-state index contributed by atoms with van der Waals surface area (Å²) >= 11 is 9.37. The number of benzene rings is 1. The summed E-state index contributed by atoms with van der Waals surface area (Å²) in [7, 11) is 0. The van der Waals surface area contributed by atoms with Crippen molar-refractivity contribution in [3.8, 4) is 5.75 Å². The van der Waals surface area contributed by atoms with Crippen LogP contribution in [0.4, 0.5) is 5.82 Å². The third-order valence-corrected chi connectivity index (χ3v) is 3.89. The van der Waals surface area contributed by atoms with Crippen LogP contribution in [0.1, 0.15) is 18.0 Å². The summed E-state index contributed by atoms with van der Waals surface area (Å²) in [6, 6.07) is 10.1. The average molecular weight is 340 g/mol. The van der Waals surface area contributed by atoms with E-state index in [1.54, 1.807) is 6.20 Å². The topological polar surface area (TPSA) is 34.2 Å². The number of nitrogens with zero attached hydrogens (tertiary/aromatic N) is 1. The number of hydrogen-bond donors (Lipinski definition) is 1. The smallest absolute Gasteiger partial charge is 0.140 e.